The van der Waals surface area contributed by atoms with Gasteiger partial charge in [0.25, 0.3) is 0 Å². The highest BCUT2D eigenvalue weighted by Crippen LogP contribution is 2.28. The Morgan fingerprint density at radius 2 is 2.13 bits per heavy atom. The molecule has 0 aromatic carbocycles. The van der Waals surface area contributed by atoms with Crippen molar-refractivity contribution in [2.45, 2.75) is 26.7 Å². The van der Waals surface area contributed by atoms with Gasteiger partial charge in [0.1, 0.15) is 11.7 Å². The van der Waals surface area contributed by atoms with Gasteiger partial charge in [-0.25, -0.2) is 9.97 Å². The lowest BCUT2D eigenvalue weighted by Gasteiger charge is -2.16. The number of carboxylic acid groups (broad SMARTS) is 1. The molecule has 15 heavy (non-hydrogen) atoms. The van der Waals surface area contributed by atoms with Gasteiger partial charge < -0.3 is 5.11 Å². The Balaban J connectivity index is 3.22. The molecule has 1 N–H and O–H groups in total. The third-order valence-electron chi connectivity index (χ3n) is 2.12. The van der Waals surface area contributed by atoms with Crippen molar-refractivity contribution in [1.82, 2.24) is 9.97 Å². The Bertz CT molecular complexity index is 380. The lowest BCUT2D eigenvalue weighted by molar-refractivity contribution is -0.140. The first kappa shape index (κ1) is 12.1. The molecule has 1 heterocycles. The SMILES string of the molecule is Cc1ncc(Br)c(C(C(=O)O)C(C)C)n1. The van der Waals surface area contributed by atoms with Gasteiger partial charge in [0.2, 0.25) is 0 Å². The molecule has 4 nitrogen and oxygen atoms in total. The van der Waals surface area contributed by atoms with E-state index in [9.17, 15) is 4.79 Å². The molecule has 0 fully saturated rings. The van der Waals surface area contributed by atoms with Gasteiger partial charge in [0.05, 0.1) is 10.2 Å². The van der Waals surface area contributed by atoms with E-state index in [0.717, 1.165) is 0 Å². The van der Waals surface area contributed by atoms with Crippen LogP contribution in [0.4, 0.5) is 0 Å². The smallest absolute Gasteiger partial charge is 0.312 e. The van der Waals surface area contributed by atoms with E-state index in [4.69, 9.17) is 5.11 Å². The zero-order valence-corrected chi connectivity index (χ0v) is 10.4. The minimum Gasteiger partial charge on any atom is -0.481 e. The predicted octanol–water partition coefficient (Wildman–Crippen LogP) is 2.37. The van der Waals surface area contributed by atoms with Crippen LogP contribution in [-0.4, -0.2) is 21.0 Å². The molecule has 5 heteroatoms. The summed E-state index contributed by atoms with van der Waals surface area (Å²) < 4.78 is 0.647. The van der Waals surface area contributed by atoms with Gasteiger partial charge in [-0.3, -0.25) is 4.79 Å². The van der Waals surface area contributed by atoms with E-state index in [2.05, 4.69) is 25.9 Å². The molecule has 0 bridgehead atoms. The van der Waals surface area contributed by atoms with Gasteiger partial charge in [-0.2, -0.15) is 0 Å². The number of aromatic nitrogens is 2. The number of carbonyl (C=O) groups is 1. The summed E-state index contributed by atoms with van der Waals surface area (Å²) in [6.45, 7) is 5.47. The third-order valence-corrected chi connectivity index (χ3v) is 2.73. The summed E-state index contributed by atoms with van der Waals surface area (Å²) >= 11 is 3.28. The summed E-state index contributed by atoms with van der Waals surface area (Å²) in [4.78, 5) is 19.3. The fourth-order valence-electron chi connectivity index (χ4n) is 1.41. The molecule has 0 aliphatic rings. The van der Waals surface area contributed by atoms with Crippen LogP contribution in [0.5, 0.6) is 0 Å². The van der Waals surface area contributed by atoms with Crippen LogP contribution >= 0.6 is 15.9 Å². The number of rotatable bonds is 3. The highest BCUT2D eigenvalue weighted by Gasteiger charge is 2.27. The fourth-order valence-corrected chi connectivity index (χ4v) is 1.85. The lowest BCUT2D eigenvalue weighted by atomic mass is 9.92. The second-order valence-corrected chi connectivity index (χ2v) is 4.56. The zero-order valence-electron chi connectivity index (χ0n) is 8.86. The predicted molar refractivity (Wildman–Crippen MR) is 59.7 cm³/mol. The summed E-state index contributed by atoms with van der Waals surface area (Å²) in [5, 5.41) is 9.13. The van der Waals surface area contributed by atoms with Gasteiger partial charge in [-0.1, -0.05) is 13.8 Å². The van der Waals surface area contributed by atoms with E-state index < -0.39 is 11.9 Å². The van der Waals surface area contributed by atoms with Crippen LogP contribution in [0, 0.1) is 12.8 Å². The first-order valence-corrected chi connectivity index (χ1v) is 5.44. The number of carboxylic acids is 1. The number of aliphatic carboxylic acids is 1. The lowest BCUT2D eigenvalue weighted by Crippen LogP contribution is -2.19. The molecule has 0 radical (unpaired) electrons. The van der Waals surface area contributed by atoms with E-state index in [0.29, 0.717) is 16.0 Å². The van der Waals surface area contributed by atoms with Crippen molar-refractivity contribution in [3.63, 3.8) is 0 Å². The van der Waals surface area contributed by atoms with Crippen molar-refractivity contribution in [3.05, 3.63) is 22.2 Å². The van der Waals surface area contributed by atoms with Crippen molar-refractivity contribution < 1.29 is 9.90 Å². The maximum atomic E-state index is 11.1. The first-order chi connectivity index (χ1) is 6.93. The highest BCUT2D eigenvalue weighted by molar-refractivity contribution is 9.10. The molecule has 0 amide bonds. The minimum atomic E-state index is -0.858. The molecular weight excluding hydrogens is 260 g/mol. The quantitative estimate of drug-likeness (QED) is 0.918. The molecule has 1 aromatic rings. The second kappa shape index (κ2) is 4.70. The topological polar surface area (TPSA) is 63.1 Å². The van der Waals surface area contributed by atoms with Crippen LogP contribution in [0.15, 0.2) is 10.7 Å². The monoisotopic (exact) mass is 272 g/mol. The summed E-state index contributed by atoms with van der Waals surface area (Å²) in [5.41, 5.74) is 0.546. The number of hydrogen-bond donors (Lipinski definition) is 1. The molecule has 0 aliphatic carbocycles. The molecule has 0 spiro atoms. The molecule has 0 saturated carbocycles. The van der Waals surface area contributed by atoms with Gasteiger partial charge in [0.15, 0.2) is 0 Å². The van der Waals surface area contributed by atoms with Crippen molar-refractivity contribution in [2.24, 2.45) is 5.92 Å². The van der Waals surface area contributed by atoms with Gasteiger partial charge in [-0.15, -0.1) is 0 Å². The summed E-state index contributed by atoms with van der Waals surface area (Å²) in [6, 6.07) is 0. The molecule has 1 unspecified atom stereocenters. The molecule has 1 rings (SSSR count). The van der Waals surface area contributed by atoms with E-state index in [-0.39, 0.29) is 5.92 Å². The van der Waals surface area contributed by atoms with Gasteiger partial charge in [-0.05, 0) is 28.8 Å². The zero-order chi connectivity index (χ0) is 11.6. The minimum absolute atomic E-state index is 0.00639. The van der Waals surface area contributed by atoms with E-state index in [1.54, 1.807) is 13.1 Å². The molecule has 0 saturated heterocycles. The maximum absolute atomic E-state index is 11.1. The standard InChI is InChI=1S/C10H13BrN2O2/c1-5(2)8(10(14)15)9-7(11)4-12-6(3)13-9/h4-5,8H,1-3H3,(H,14,15). The van der Waals surface area contributed by atoms with Crippen molar-refractivity contribution >= 4 is 21.9 Å². The number of nitrogens with zero attached hydrogens (tertiary/aromatic N) is 2. The Morgan fingerprint density at radius 1 is 1.53 bits per heavy atom. The Kier molecular flexibility index (Phi) is 3.79. The van der Waals surface area contributed by atoms with Crippen LogP contribution in [0.1, 0.15) is 31.3 Å². The Hall–Kier alpha value is -0.970. The van der Waals surface area contributed by atoms with Gasteiger partial charge in [0, 0.05) is 6.20 Å². The molecular formula is C10H13BrN2O2. The molecule has 1 atom stereocenters. The van der Waals surface area contributed by atoms with Crippen LogP contribution in [0.25, 0.3) is 0 Å². The van der Waals surface area contributed by atoms with E-state index in [1.165, 1.54) is 0 Å². The fraction of sp³-hybridized carbons (Fsp3) is 0.500. The van der Waals surface area contributed by atoms with E-state index in [1.807, 2.05) is 13.8 Å². The maximum Gasteiger partial charge on any atom is 0.312 e. The van der Waals surface area contributed by atoms with E-state index >= 15 is 0 Å². The average Bonchev–Trinajstić information content (AvgIpc) is 2.10. The molecule has 0 aliphatic heterocycles. The average molecular weight is 273 g/mol. The second-order valence-electron chi connectivity index (χ2n) is 3.71. The van der Waals surface area contributed by atoms with Crippen LogP contribution in [-0.2, 0) is 4.79 Å². The van der Waals surface area contributed by atoms with Crippen molar-refractivity contribution in [1.29, 1.82) is 0 Å². The summed E-state index contributed by atoms with van der Waals surface area (Å²) in [7, 11) is 0. The Morgan fingerprint density at radius 3 is 2.60 bits per heavy atom. The summed E-state index contributed by atoms with van der Waals surface area (Å²) in [6.07, 6.45) is 1.59. The number of halogens is 1. The van der Waals surface area contributed by atoms with Crippen LogP contribution < -0.4 is 0 Å². The van der Waals surface area contributed by atoms with Crippen LogP contribution in [0.3, 0.4) is 0 Å². The third kappa shape index (κ3) is 2.75. The van der Waals surface area contributed by atoms with Crippen LogP contribution in [0.2, 0.25) is 0 Å². The Labute approximate surface area is 96.9 Å². The largest absolute Gasteiger partial charge is 0.481 e. The summed E-state index contributed by atoms with van der Waals surface area (Å²) in [5.74, 6) is -0.877. The molecule has 1 aromatic heterocycles. The normalized spacial score (nSPS) is 12.9. The first-order valence-electron chi connectivity index (χ1n) is 4.65. The molecule has 82 valence electrons. The number of hydrogen-bond acceptors (Lipinski definition) is 3. The van der Waals surface area contributed by atoms with Crippen molar-refractivity contribution in [2.75, 3.05) is 0 Å². The van der Waals surface area contributed by atoms with Gasteiger partial charge >= 0.3 is 5.97 Å². The number of aryl methyl sites for hydroxylation is 1. The van der Waals surface area contributed by atoms with Crippen molar-refractivity contribution in [3.8, 4) is 0 Å². The highest BCUT2D eigenvalue weighted by atomic mass is 79.9.